The van der Waals surface area contributed by atoms with E-state index in [1.165, 1.54) is 26.2 Å². The Kier molecular flexibility index (Phi) is 6.63. The lowest BCUT2D eigenvalue weighted by atomic mass is 9.69. The van der Waals surface area contributed by atoms with Crippen LogP contribution < -0.4 is 4.90 Å². The quantitative estimate of drug-likeness (QED) is 0.394. The zero-order valence-electron chi connectivity index (χ0n) is 23.2. The van der Waals surface area contributed by atoms with Gasteiger partial charge in [0.15, 0.2) is 5.70 Å². The first-order chi connectivity index (χ1) is 19.9. The first-order valence-corrected chi connectivity index (χ1v) is 13.7. The van der Waals surface area contributed by atoms with Crippen molar-refractivity contribution in [1.82, 2.24) is 4.90 Å². The Morgan fingerprint density at radius 1 is 0.902 bits per heavy atom. The molecule has 4 aliphatic rings. The predicted octanol–water partition coefficient (Wildman–Crippen LogP) is 2.90. The average Bonchev–Trinajstić information content (AvgIpc) is 3.46. The minimum Gasteiger partial charge on any atom is -0.467 e. The molecule has 41 heavy (non-hydrogen) atoms. The van der Waals surface area contributed by atoms with Gasteiger partial charge in [-0.1, -0.05) is 55.0 Å². The molecule has 0 N–H and O–H groups in total. The molecule has 0 bridgehead atoms. The summed E-state index contributed by atoms with van der Waals surface area (Å²) < 4.78 is 15.5. The Labute approximate surface area is 237 Å². The summed E-state index contributed by atoms with van der Waals surface area (Å²) in [5.74, 6) is -2.39. The normalized spacial score (nSPS) is 24.5. The van der Waals surface area contributed by atoms with E-state index >= 15 is 0 Å². The highest BCUT2D eigenvalue weighted by molar-refractivity contribution is 6.17. The van der Waals surface area contributed by atoms with Gasteiger partial charge in [-0.15, -0.1) is 0 Å². The molecule has 1 aliphatic carbocycles. The molecule has 2 aromatic rings. The number of ether oxygens (including phenoxy) is 3. The number of benzene rings is 2. The number of likely N-dealkylation sites (tertiary alicyclic amines) is 1. The van der Waals surface area contributed by atoms with Crippen LogP contribution in [-0.2, 0) is 45.3 Å². The zero-order valence-corrected chi connectivity index (χ0v) is 23.2. The van der Waals surface area contributed by atoms with Crippen molar-refractivity contribution in [2.75, 3.05) is 26.2 Å². The van der Waals surface area contributed by atoms with Crippen molar-refractivity contribution in [3.05, 3.63) is 77.0 Å². The van der Waals surface area contributed by atoms with Crippen molar-refractivity contribution in [3.8, 4) is 0 Å². The molecule has 6 rings (SSSR count). The van der Waals surface area contributed by atoms with Crippen LogP contribution in [0, 0.1) is 5.92 Å². The van der Waals surface area contributed by atoms with Gasteiger partial charge in [-0.2, -0.15) is 0 Å². The monoisotopic (exact) mass is 557 g/mol. The van der Waals surface area contributed by atoms with E-state index in [9.17, 15) is 19.2 Å². The summed E-state index contributed by atoms with van der Waals surface area (Å²) in [6, 6.07) is 15.6. The van der Waals surface area contributed by atoms with Crippen LogP contribution in [-0.4, -0.2) is 68.0 Å². The second-order valence-electron chi connectivity index (χ2n) is 10.8. The largest absolute Gasteiger partial charge is 0.467 e. The molecule has 2 aromatic carbocycles. The summed E-state index contributed by atoms with van der Waals surface area (Å²) >= 11 is 0. The van der Waals surface area contributed by atoms with Crippen LogP contribution >= 0.6 is 0 Å². The predicted molar refractivity (Wildman–Crippen MR) is 148 cm³/mol. The second kappa shape index (κ2) is 10.2. The van der Waals surface area contributed by atoms with E-state index in [-0.39, 0.29) is 35.4 Å². The molecule has 2 unspecified atom stereocenters. The van der Waals surface area contributed by atoms with Crippen molar-refractivity contribution in [2.45, 2.75) is 49.7 Å². The highest BCUT2D eigenvalue weighted by atomic mass is 16.5. The fourth-order valence-electron chi connectivity index (χ4n) is 6.78. The van der Waals surface area contributed by atoms with Gasteiger partial charge >= 0.3 is 17.9 Å². The average molecular weight is 558 g/mol. The maximum absolute atomic E-state index is 14.0. The van der Waals surface area contributed by atoms with Crippen molar-refractivity contribution in [1.29, 1.82) is 0 Å². The van der Waals surface area contributed by atoms with Crippen LogP contribution in [0.3, 0.4) is 0 Å². The lowest BCUT2D eigenvalue weighted by Gasteiger charge is -2.41. The van der Waals surface area contributed by atoms with Gasteiger partial charge in [0, 0.05) is 18.2 Å². The number of hydrogen-bond donors (Lipinski definition) is 0. The molecule has 10 nitrogen and oxygen atoms in total. The van der Waals surface area contributed by atoms with Gasteiger partial charge in [0.1, 0.15) is 11.9 Å². The summed E-state index contributed by atoms with van der Waals surface area (Å²) in [5, 5.41) is 0. The maximum Gasteiger partial charge on any atom is 0.357 e. The fraction of sp³-hybridized carbons (Fsp3) is 0.387. The lowest BCUT2D eigenvalue weighted by molar-refractivity contribution is -0.151. The Bertz CT molecular complexity index is 1500. The van der Waals surface area contributed by atoms with Gasteiger partial charge in [-0.05, 0) is 36.5 Å². The molecular weight excluding hydrogens is 526 g/mol. The number of hydrogen-bond acceptors (Lipinski definition) is 9. The van der Waals surface area contributed by atoms with E-state index in [2.05, 4.69) is 0 Å². The van der Waals surface area contributed by atoms with E-state index < -0.39 is 35.4 Å². The van der Waals surface area contributed by atoms with Crippen molar-refractivity contribution >= 4 is 35.3 Å². The Hall–Kier alpha value is -4.47. The number of esters is 3. The summed E-state index contributed by atoms with van der Waals surface area (Å²) in [7, 11) is 3.74. The van der Waals surface area contributed by atoms with E-state index in [0.717, 1.165) is 23.2 Å². The molecule has 1 amide bonds. The van der Waals surface area contributed by atoms with Gasteiger partial charge in [-0.25, -0.2) is 19.4 Å². The number of para-hydroxylation sites is 1. The van der Waals surface area contributed by atoms with Gasteiger partial charge in [0.05, 0.1) is 38.4 Å². The molecule has 1 spiro atoms. The van der Waals surface area contributed by atoms with Crippen LogP contribution in [0.15, 0.2) is 70.9 Å². The van der Waals surface area contributed by atoms with Crippen LogP contribution in [0.25, 0.3) is 0 Å². The third-order valence-corrected chi connectivity index (χ3v) is 8.82. The van der Waals surface area contributed by atoms with Gasteiger partial charge in [-0.3, -0.25) is 9.69 Å². The third kappa shape index (κ3) is 3.88. The van der Waals surface area contributed by atoms with Crippen LogP contribution in [0.1, 0.15) is 36.8 Å². The molecule has 212 valence electrons. The number of fused-ring (bicyclic) bond motifs is 1. The molecular formula is C31H31N3O7. The third-order valence-electron chi connectivity index (χ3n) is 8.82. The number of carbonyl (C=O) groups is 4. The minimum atomic E-state index is -1.12. The van der Waals surface area contributed by atoms with Crippen molar-refractivity contribution in [3.63, 3.8) is 0 Å². The van der Waals surface area contributed by atoms with E-state index in [1.54, 1.807) is 0 Å². The maximum atomic E-state index is 14.0. The summed E-state index contributed by atoms with van der Waals surface area (Å²) in [6.07, 6.45) is 2.45. The highest BCUT2D eigenvalue weighted by Crippen LogP contribution is 2.58. The van der Waals surface area contributed by atoms with Crippen LogP contribution in [0.2, 0.25) is 0 Å². The van der Waals surface area contributed by atoms with E-state index in [4.69, 9.17) is 19.2 Å². The molecule has 1 saturated carbocycles. The molecule has 10 heteroatoms. The second-order valence-corrected chi connectivity index (χ2v) is 10.8. The molecule has 3 heterocycles. The van der Waals surface area contributed by atoms with Gasteiger partial charge < -0.3 is 19.1 Å². The number of anilines is 1. The number of amidine groups is 1. The Morgan fingerprint density at radius 2 is 1.59 bits per heavy atom. The highest BCUT2D eigenvalue weighted by Gasteiger charge is 2.68. The van der Waals surface area contributed by atoms with Crippen LogP contribution in [0.5, 0.6) is 0 Å². The number of nitrogens with zero attached hydrogens (tertiary/aromatic N) is 3. The zero-order chi connectivity index (χ0) is 28.9. The van der Waals surface area contributed by atoms with Crippen molar-refractivity contribution in [2.24, 2.45) is 10.9 Å². The number of methoxy groups -OCH3 is 3. The fourth-order valence-corrected chi connectivity index (χ4v) is 6.78. The Morgan fingerprint density at radius 3 is 2.22 bits per heavy atom. The first kappa shape index (κ1) is 26.7. The summed E-state index contributed by atoms with van der Waals surface area (Å²) in [5.41, 5.74) is 1.25. The van der Waals surface area contributed by atoms with Crippen LogP contribution in [0.4, 0.5) is 5.69 Å². The van der Waals surface area contributed by atoms with Gasteiger partial charge in [0.25, 0.3) is 0 Å². The number of rotatable bonds is 6. The SMILES string of the molecule is COC(=O)C1=C(C(=O)OC)C2N(Cc3ccccc3)c3ccccc3[C@@]23CC(C(=O)OC)N(C(=O)C2CCC2)C3=N1. The number of aliphatic imine (C=N–C) groups is 1. The summed E-state index contributed by atoms with van der Waals surface area (Å²) in [4.78, 5) is 62.4. The lowest BCUT2D eigenvalue weighted by Crippen LogP contribution is -2.56. The van der Waals surface area contributed by atoms with Crippen molar-refractivity contribution < 1.29 is 33.4 Å². The standard InChI is InChI=1S/C31H31N3O7/c1-39-27(36)22-16-31-20-14-7-8-15-21(20)33(17-18-10-5-4-6-11-18)25(31)23(28(37)40-2)24(29(38)41-3)32-30(31)34(22)26(35)19-12-9-13-19/h4-8,10-11,14-15,19,22,25H,9,12-13,16-17H2,1-3H3/t22?,25?,31-/m0/s1. The minimum absolute atomic E-state index is 0.0248. The number of carbonyl (C=O) groups excluding carboxylic acids is 4. The number of amides is 1. The van der Waals surface area contributed by atoms with E-state index in [1.807, 2.05) is 59.5 Å². The molecule has 3 aliphatic heterocycles. The molecule has 0 aromatic heterocycles. The Balaban J connectivity index is 1.65. The molecule has 2 fully saturated rings. The molecule has 3 atom stereocenters. The molecule has 0 radical (unpaired) electrons. The summed E-state index contributed by atoms with van der Waals surface area (Å²) in [6.45, 7) is 0.381. The smallest absolute Gasteiger partial charge is 0.357 e. The first-order valence-electron chi connectivity index (χ1n) is 13.7. The topological polar surface area (TPSA) is 115 Å². The van der Waals surface area contributed by atoms with Gasteiger partial charge in [0.2, 0.25) is 5.91 Å². The molecule has 1 saturated heterocycles. The van der Waals surface area contributed by atoms with E-state index in [0.29, 0.717) is 19.4 Å².